The summed E-state index contributed by atoms with van der Waals surface area (Å²) < 4.78 is 44.6. The van der Waals surface area contributed by atoms with Crippen LogP contribution < -0.4 is 0 Å². The van der Waals surface area contributed by atoms with Crippen LogP contribution in [0.1, 0.15) is 48.2 Å². The highest BCUT2D eigenvalue weighted by Gasteiger charge is 2.25. The van der Waals surface area contributed by atoms with Crippen LogP contribution in [0.4, 0.5) is 8.78 Å². The molecule has 0 spiro atoms. The molecule has 43 heavy (non-hydrogen) atoms. The van der Waals surface area contributed by atoms with Crippen LogP contribution in [0.25, 0.3) is 44.9 Å². The second-order valence-corrected chi connectivity index (χ2v) is 11.6. The number of hydrogen-bond acceptors (Lipinski definition) is 3. The van der Waals surface area contributed by atoms with Gasteiger partial charge in [0.25, 0.3) is 0 Å². The van der Waals surface area contributed by atoms with E-state index in [9.17, 15) is 0 Å². The summed E-state index contributed by atoms with van der Waals surface area (Å²) in [7, 11) is 0. The number of benzene rings is 2. The number of fused-ring (bicyclic) bond motifs is 9. The first-order valence-corrected chi connectivity index (χ1v) is 15.0. The summed E-state index contributed by atoms with van der Waals surface area (Å²) in [6.07, 6.45) is 11.1. The molecule has 5 aromatic heterocycles. The van der Waals surface area contributed by atoms with Crippen molar-refractivity contribution in [1.29, 1.82) is 0 Å². The van der Waals surface area contributed by atoms with Gasteiger partial charge in [-0.1, -0.05) is 0 Å². The van der Waals surface area contributed by atoms with Gasteiger partial charge in [0, 0.05) is 46.7 Å². The Morgan fingerprint density at radius 3 is 1.51 bits per heavy atom. The average Bonchev–Trinajstić information content (AvgIpc) is 3.80. The van der Waals surface area contributed by atoms with Gasteiger partial charge in [-0.25, -0.2) is 9.36 Å². The van der Waals surface area contributed by atoms with Crippen LogP contribution >= 0.6 is 0 Å². The minimum Gasteiger partial charge on any atom is -0.456 e. The van der Waals surface area contributed by atoms with Crippen LogP contribution in [0.5, 0.6) is 0 Å². The molecular formula is C34H28F2N6O. The molecule has 9 rings (SSSR count). The molecule has 0 atom stereocenters. The molecule has 7 heterocycles. The van der Waals surface area contributed by atoms with E-state index in [1.165, 1.54) is 0 Å². The Bertz CT molecular complexity index is 2040. The zero-order valence-corrected chi connectivity index (χ0v) is 23.4. The number of aryl methyl sites for hydroxylation is 4. The van der Waals surface area contributed by atoms with Gasteiger partial charge in [-0.2, -0.15) is 19.0 Å². The van der Waals surface area contributed by atoms with E-state index in [0.717, 1.165) is 96.3 Å². The van der Waals surface area contributed by atoms with E-state index >= 15 is 8.78 Å². The maximum atomic E-state index is 15.6. The van der Waals surface area contributed by atoms with Gasteiger partial charge in [0.1, 0.15) is 22.8 Å². The molecule has 0 radical (unpaired) electrons. The molecule has 214 valence electrons. The summed E-state index contributed by atoms with van der Waals surface area (Å²) >= 11 is 0. The van der Waals surface area contributed by atoms with Gasteiger partial charge in [-0.3, -0.25) is 9.13 Å². The van der Waals surface area contributed by atoms with Crippen molar-refractivity contribution in [3.05, 3.63) is 107 Å². The van der Waals surface area contributed by atoms with Gasteiger partial charge >= 0.3 is 0 Å². The van der Waals surface area contributed by atoms with Crippen molar-refractivity contribution in [2.75, 3.05) is 0 Å². The van der Waals surface area contributed by atoms with Crippen LogP contribution in [0.3, 0.4) is 0 Å². The highest BCUT2D eigenvalue weighted by Crippen LogP contribution is 2.36. The number of rotatable bonds is 2. The molecule has 0 amide bonds. The van der Waals surface area contributed by atoms with Crippen molar-refractivity contribution in [2.24, 2.45) is 0 Å². The van der Waals surface area contributed by atoms with Gasteiger partial charge in [0.2, 0.25) is 0 Å². The van der Waals surface area contributed by atoms with Gasteiger partial charge in [-0.15, -0.1) is 0 Å². The van der Waals surface area contributed by atoms with Crippen LogP contribution in [-0.2, 0) is 25.7 Å². The summed E-state index contributed by atoms with van der Waals surface area (Å²) in [6.45, 7) is 0. The molecule has 0 N–H and O–H groups in total. The molecule has 0 bridgehead atoms. The molecule has 0 saturated carbocycles. The smallest absolute Gasteiger partial charge is 0.200 e. The number of aromatic nitrogens is 6. The number of nitrogens with zero attached hydrogens (tertiary/aromatic N) is 6. The van der Waals surface area contributed by atoms with E-state index in [0.29, 0.717) is 22.5 Å². The third kappa shape index (κ3) is 3.70. The molecule has 2 aliphatic heterocycles. The Balaban J connectivity index is 1.18. The third-order valence-corrected chi connectivity index (χ3v) is 9.07. The molecule has 0 fully saturated rings. The van der Waals surface area contributed by atoms with Crippen molar-refractivity contribution in [1.82, 2.24) is 28.7 Å². The zero-order chi connectivity index (χ0) is 28.7. The first-order valence-electron chi connectivity index (χ1n) is 15.0. The van der Waals surface area contributed by atoms with Crippen molar-refractivity contribution in [3.63, 3.8) is 0 Å². The molecule has 9 heteroatoms. The number of hydrogen-bond donors (Lipinski definition) is 0. The maximum Gasteiger partial charge on any atom is 0.200 e. The van der Waals surface area contributed by atoms with Gasteiger partial charge in [-0.05, 0) is 111 Å². The van der Waals surface area contributed by atoms with E-state index in [2.05, 4.69) is 10.2 Å². The Kier molecular flexibility index (Phi) is 5.33. The topological polar surface area (TPSA) is 58.6 Å². The average molecular weight is 575 g/mol. The van der Waals surface area contributed by atoms with E-state index < -0.39 is 0 Å². The number of furan rings is 1. The van der Waals surface area contributed by atoms with Crippen LogP contribution in [0.15, 0.2) is 77.5 Å². The molecule has 2 aromatic carbocycles. The van der Waals surface area contributed by atoms with Crippen LogP contribution in [-0.4, -0.2) is 28.7 Å². The molecule has 0 saturated heterocycles. The SMILES string of the molecule is Fc1cc2c(n1-c1ccc3c(c1)oc1cc(-n4c(F)cc5c4-n4nccc4CCCC5)ccc13)-n1nccc1CCCC2. The Morgan fingerprint density at radius 1 is 0.558 bits per heavy atom. The standard InChI is InChI=1S/C34H28F2N6O/c35-31-17-21-5-1-3-7-23-13-15-37-41(23)33(21)39(31)25-9-11-27-28-12-10-26(20-30(28)43-29(27)19-25)40-32(36)18-22-6-2-4-8-24-14-16-38-42(24)34(22)40/h9-20H,1-8H2. The molecule has 0 unspecified atom stereocenters. The lowest BCUT2D eigenvalue weighted by molar-refractivity contribution is 0.551. The molecule has 7 aromatic rings. The quantitative estimate of drug-likeness (QED) is 0.214. The van der Waals surface area contributed by atoms with E-state index in [1.54, 1.807) is 33.7 Å². The fourth-order valence-corrected chi connectivity index (χ4v) is 7.05. The summed E-state index contributed by atoms with van der Waals surface area (Å²) in [5.74, 6) is 0.826. The molecule has 7 nitrogen and oxygen atoms in total. The summed E-state index contributed by atoms with van der Waals surface area (Å²) in [4.78, 5) is 0. The molecule has 0 aliphatic carbocycles. The normalized spacial score (nSPS) is 14.9. The lowest BCUT2D eigenvalue weighted by Gasteiger charge is -2.17. The Hall–Kier alpha value is -4.92. The summed E-state index contributed by atoms with van der Waals surface area (Å²) in [6, 6.07) is 18.8. The third-order valence-electron chi connectivity index (χ3n) is 9.07. The van der Waals surface area contributed by atoms with Crippen LogP contribution in [0, 0.1) is 11.9 Å². The highest BCUT2D eigenvalue weighted by atomic mass is 19.1. The highest BCUT2D eigenvalue weighted by molar-refractivity contribution is 6.05. The second-order valence-electron chi connectivity index (χ2n) is 11.6. The van der Waals surface area contributed by atoms with Crippen LogP contribution in [0.2, 0.25) is 0 Å². The minimum atomic E-state index is -0.330. The van der Waals surface area contributed by atoms with E-state index in [-0.39, 0.29) is 11.9 Å². The summed E-state index contributed by atoms with van der Waals surface area (Å²) in [5, 5.41) is 10.9. The van der Waals surface area contributed by atoms with Gasteiger partial charge in [0.05, 0.1) is 11.4 Å². The first-order chi connectivity index (χ1) is 21.1. The lowest BCUT2D eigenvalue weighted by Crippen LogP contribution is -2.13. The van der Waals surface area contributed by atoms with Gasteiger partial charge < -0.3 is 4.42 Å². The zero-order valence-electron chi connectivity index (χ0n) is 23.4. The Labute approximate surface area is 245 Å². The lowest BCUT2D eigenvalue weighted by atomic mass is 10.1. The van der Waals surface area contributed by atoms with Gasteiger partial charge in [0.15, 0.2) is 11.9 Å². The van der Waals surface area contributed by atoms with Crippen molar-refractivity contribution in [3.8, 4) is 23.0 Å². The van der Waals surface area contributed by atoms with Crippen molar-refractivity contribution >= 4 is 21.9 Å². The fourth-order valence-electron chi connectivity index (χ4n) is 7.05. The van der Waals surface area contributed by atoms with Crippen molar-refractivity contribution in [2.45, 2.75) is 51.4 Å². The number of halogens is 2. The van der Waals surface area contributed by atoms with E-state index in [4.69, 9.17) is 4.42 Å². The maximum absolute atomic E-state index is 15.6. The summed E-state index contributed by atoms with van der Waals surface area (Å²) in [5.41, 5.74) is 6.64. The monoisotopic (exact) mass is 574 g/mol. The second kappa shape index (κ2) is 9.29. The minimum absolute atomic E-state index is 0.330. The molecule has 2 aliphatic rings. The fraction of sp³-hybridized carbons (Fsp3) is 0.235. The predicted molar refractivity (Wildman–Crippen MR) is 160 cm³/mol. The van der Waals surface area contributed by atoms with Crippen molar-refractivity contribution < 1.29 is 13.2 Å². The molecular weight excluding hydrogens is 546 g/mol. The predicted octanol–water partition coefficient (Wildman–Crippen LogP) is 7.57. The van der Waals surface area contributed by atoms with E-state index in [1.807, 2.05) is 57.9 Å². The first kappa shape index (κ1) is 24.7. The largest absolute Gasteiger partial charge is 0.456 e. The Morgan fingerprint density at radius 2 is 1.02 bits per heavy atom.